The lowest BCUT2D eigenvalue weighted by molar-refractivity contribution is -0.133. The zero-order chi connectivity index (χ0) is 15.9. The molecule has 0 aromatic heterocycles. The van der Waals surface area contributed by atoms with Crippen molar-refractivity contribution in [3.63, 3.8) is 0 Å². The van der Waals surface area contributed by atoms with Gasteiger partial charge in [0.1, 0.15) is 0 Å². The van der Waals surface area contributed by atoms with Gasteiger partial charge in [-0.1, -0.05) is 48.3 Å². The minimum absolute atomic E-state index is 0.00963. The van der Waals surface area contributed by atoms with Gasteiger partial charge in [-0.15, -0.1) is 0 Å². The van der Waals surface area contributed by atoms with Crippen molar-refractivity contribution in [2.45, 2.75) is 45.6 Å². The van der Waals surface area contributed by atoms with Crippen LogP contribution in [-0.4, -0.2) is 17.0 Å². The van der Waals surface area contributed by atoms with Crippen molar-refractivity contribution >= 4 is 27.8 Å². The molecule has 22 heavy (non-hydrogen) atoms. The molecule has 3 rings (SSSR count). The highest BCUT2D eigenvalue weighted by Gasteiger charge is 2.51. The van der Waals surface area contributed by atoms with E-state index in [4.69, 9.17) is 0 Å². The molecule has 3 heteroatoms. The highest BCUT2D eigenvalue weighted by molar-refractivity contribution is 9.10. The summed E-state index contributed by atoms with van der Waals surface area (Å²) in [6.07, 6.45) is 5.36. The van der Waals surface area contributed by atoms with Crippen LogP contribution in [0.3, 0.4) is 0 Å². The van der Waals surface area contributed by atoms with E-state index in [-0.39, 0.29) is 23.2 Å². The lowest BCUT2D eigenvalue weighted by atomic mass is 9.54. The van der Waals surface area contributed by atoms with E-state index < -0.39 is 0 Å². The Bertz CT molecular complexity index is 604. The maximum atomic E-state index is 12.7. The molecule has 2 saturated carbocycles. The number of benzene rings is 1. The van der Waals surface area contributed by atoms with Crippen molar-refractivity contribution < 1.29 is 9.90 Å². The monoisotopic (exact) mass is 362 g/mol. The minimum atomic E-state index is -0.296. The third-order valence-electron chi connectivity index (χ3n) is 5.72. The van der Waals surface area contributed by atoms with Crippen LogP contribution in [0.4, 0.5) is 0 Å². The maximum Gasteiger partial charge on any atom is 0.161 e. The predicted octanol–water partition coefficient (Wildman–Crippen LogP) is 4.61. The van der Waals surface area contributed by atoms with Crippen LogP contribution in [0.1, 0.15) is 45.1 Å². The van der Waals surface area contributed by atoms with Gasteiger partial charge in [0.05, 0.1) is 6.10 Å². The van der Waals surface area contributed by atoms with E-state index in [0.29, 0.717) is 12.3 Å². The first-order valence-electron chi connectivity index (χ1n) is 8.10. The fourth-order valence-corrected chi connectivity index (χ4v) is 4.63. The molecule has 2 aliphatic rings. The summed E-state index contributed by atoms with van der Waals surface area (Å²) in [4.78, 5) is 12.7. The van der Waals surface area contributed by atoms with Crippen LogP contribution in [0.25, 0.3) is 6.08 Å². The fraction of sp³-hybridized carbons (Fsp3) is 0.526. The Morgan fingerprint density at radius 1 is 1.27 bits per heavy atom. The zero-order valence-corrected chi connectivity index (χ0v) is 14.8. The van der Waals surface area contributed by atoms with Gasteiger partial charge in [0.25, 0.3) is 0 Å². The van der Waals surface area contributed by atoms with Crippen molar-refractivity contribution in [1.29, 1.82) is 0 Å². The van der Waals surface area contributed by atoms with E-state index in [2.05, 4.69) is 22.9 Å². The summed E-state index contributed by atoms with van der Waals surface area (Å²) in [6.45, 7) is 4.21. The molecule has 2 nitrogen and oxygen atoms in total. The van der Waals surface area contributed by atoms with Crippen molar-refractivity contribution in [1.82, 2.24) is 0 Å². The molecule has 1 aromatic carbocycles. The van der Waals surface area contributed by atoms with Gasteiger partial charge in [0.2, 0.25) is 0 Å². The largest absolute Gasteiger partial charge is 0.393 e. The van der Waals surface area contributed by atoms with Gasteiger partial charge in [0.15, 0.2) is 5.78 Å². The zero-order valence-electron chi connectivity index (χ0n) is 13.2. The van der Waals surface area contributed by atoms with Crippen LogP contribution >= 0.6 is 15.9 Å². The van der Waals surface area contributed by atoms with Gasteiger partial charge in [0, 0.05) is 15.8 Å². The van der Waals surface area contributed by atoms with E-state index >= 15 is 0 Å². The number of fused-ring (bicyclic) bond motifs is 1. The van der Waals surface area contributed by atoms with Crippen LogP contribution < -0.4 is 0 Å². The van der Waals surface area contributed by atoms with Gasteiger partial charge >= 0.3 is 0 Å². The van der Waals surface area contributed by atoms with Gasteiger partial charge in [-0.2, -0.15) is 0 Å². The van der Waals surface area contributed by atoms with Crippen LogP contribution in [0.15, 0.2) is 34.3 Å². The molecule has 0 radical (unpaired) electrons. The highest BCUT2D eigenvalue weighted by atomic mass is 79.9. The van der Waals surface area contributed by atoms with E-state index in [0.717, 1.165) is 34.9 Å². The topological polar surface area (TPSA) is 37.3 Å². The second kappa shape index (κ2) is 5.93. The Morgan fingerprint density at radius 3 is 2.64 bits per heavy atom. The van der Waals surface area contributed by atoms with Gasteiger partial charge in [-0.05, 0) is 54.5 Å². The van der Waals surface area contributed by atoms with E-state index in [1.54, 1.807) is 0 Å². The smallest absolute Gasteiger partial charge is 0.161 e. The number of carbonyl (C=O) groups excluding carboxylic acids is 1. The fourth-order valence-electron chi connectivity index (χ4n) is 4.36. The number of aliphatic hydroxyl groups is 1. The Labute approximate surface area is 140 Å². The molecule has 0 amide bonds. The summed E-state index contributed by atoms with van der Waals surface area (Å²) in [6, 6.07) is 8.01. The molecule has 118 valence electrons. The van der Waals surface area contributed by atoms with Crippen molar-refractivity contribution in [3.05, 3.63) is 39.9 Å². The molecule has 0 heterocycles. The molecular weight excluding hydrogens is 340 g/mol. The van der Waals surface area contributed by atoms with Gasteiger partial charge < -0.3 is 5.11 Å². The summed E-state index contributed by atoms with van der Waals surface area (Å²) >= 11 is 3.43. The molecule has 2 aliphatic carbocycles. The number of Topliss-reactive ketones (excluding diaryl/α,β-unsaturated/α-hetero) is 1. The van der Waals surface area contributed by atoms with Gasteiger partial charge in [-0.25, -0.2) is 0 Å². The maximum absolute atomic E-state index is 12.7. The summed E-state index contributed by atoms with van der Waals surface area (Å²) in [5.74, 6) is 0.584. The first-order valence-corrected chi connectivity index (χ1v) is 8.89. The number of hydrogen-bond donors (Lipinski definition) is 1. The number of carbonyl (C=O) groups is 1. The lowest BCUT2D eigenvalue weighted by Crippen LogP contribution is -2.51. The van der Waals surface area contributed by atoms with Crippen molar-refractivity contribution in [2.75, 3.05) is 0 Å². The van der Waals surface area contributed by atoms with Crippen LogP contribution in [0, 0.1) is 17.3 Å². The molecular formula is C19H23BrO2. The number of ketones is 1. The standard InChI is InChI=1S/C19H23BrO2/c1-12-16-4-3-5-17(21)19(16,2)11-14(18(12)22)10-13-6-8-15(20)9-7-13/h6-10,12,16-17,21H,3-5,11H2,1-2H3/b14-10+/t12?,16?,17-,19-/m0/s1. The summed E-state index contributed by atoms with van der Waals surface area (Å²) in [7, 11) is 0. The lowest BCUT2D eigenvalue weighted by Gasteiger charge is -2.51. The molecule has 2 fully saturated rings. The van der Waals surface area contributed by atoms with Crippen LogP contribution in [0.5, 0.6) is 0 Å². The molecule has 0 spiro atoms. The second-order valence-corrected chi connectivity index (χ2v) is 8.03. The van der Waals surface area contributed by atoms with Crippen molar-refractivity contribution in [2.24, 2.45) is 17.3 Å². The van der Waals surface area contributed by atoms with Crippen LogP contribution in [0.2, 0.25) is 0 Å². The van der Waals surface area contributed by atoms with Crippen LogP contribution in [-0.2, 0) is 4.79 Å². The van der Waals surface area contributed by atoms with E-state index in [1.807, 2.05) is 37.3 Å². The average molecular weight is 363 g/mol. The molecule has 2 unspecified atom stereocenters. The highest BCUT2D eigenvalue weighted by Crippen LogP contribution is 2.53. The van der Waals surface area contributed by atoms with Gasteiger partial charge in [-0.3, -0.25) is 4.79 Å². The van der Waals surface area contributed by atoms with E-state index in [1.165, 1.54) is 0 Å². The molecule has 0 bridgehead atoms. The molecule has 0 aliphatic heterocycles. The molecule has 0 saturated heterocycles. The Morgan fingerprint density at radius 2 is 1.95 bits per heavy atom. The number of hydrogen-bond acceptors (Lipinski definition) is 2. The first kappa shape index (κ1) is 15.9. The first-order chi connectivity index (χ1) is 10.4. The normalized spacial score (nSPS) is 37.2. The second-order valence-electron chi connectivity index (χ2n) is 7.11. The summed E-state index contributed by atoms with van der Waals surface area (Å²) < 4.78 is 1.03. The predicted molar refractivity (Wildman–Crippen MR) is 92.4 cm³/mol. The average Bonchev–Trinajstić information content (AvgIpc) is 2.49. The number of aliphatic hydroxyl groups excluding tert-OH is 1. The van der Waals surface area contributed by atoms with E-state index in [9.17, 15) is 9.90 Å². The Balaban J connectivity index is 1.95. The SMILES string of the molecule is CC1C(=O)/C(=C/c2ccc(Br)cc2)C[C@@]2(C)C1CCC[C@@H]2O. The third-order valence-corrected chi connectivity index (χ3v) is 6.25. The number of allylic oxidation sites excluding steroid dienone is 1. The summed E-state index contributed by atoms with van der Waals surface area (Å²) in [5.41, 5.74) is 1.76. The molecule has 4 atom stereocenters. The van der Waals surface area contributed by atoms with Crippen molar-refractivity contribution in [3.8, 4) is 0 Å². The third kappa shape index (κ3) is 2.69. The molecule has 1 N–H and O–H groups in total. The Hall–Kier alpha value is -0.930. The summed E-state index contributed by atoms with van der Waals surface area (Å²) in [5, 5.41) is 10.5. The minimum Gasteiger partial charge on any atom is -0.393 e. The molecule has 1 aromatic rings. The quantitative estimate of drug-likeness (QED) is 0.740. The Kier molecular flexibility index (Phi) is 4.30. The number of rotatable bonds is 1. The number of halogens is 1.